The van der Waals surface area contributed by atoms with E-state index < -0.39 is 11.6 Å². The summed E-state index contributed by atoms with van der Waals surface area (Å²) in [5.41, 5.74) is 1.70. The largest absolute Gasteiger partial charge is 3.00 e. The number of para-hydroxylation sites is 1. The number of anilines is 1. The second kappa shape index (κ2) is 9.95. The van der Waals surface area contributed by atoms with Crippen LogP contribution < -0.4 is 4.90 Å². The van der Waals surface area contributed by atoms with E-state index in [0.717, 1.165) is 17.8 Å². The molecule has 1 aliphatic rings. The van der Waals surface area contributed by atoms with Gasteiger partial charge in [0, 0.05) is 17.8 Å². The summed E-state index contributed by atoms with van der Waals surface area (Å²) in [6.45, 7) is 2.01. The SMILES string of the molecule is CN1C=CN(c2[c-]cccc2)[CH-]1.Fc1c[c-]c(-c2ccccn2)c(F)c1.[Ir+3]. The van der Waals surface area contributed by atoms with E-state index in [1.807, 2.05) is 60.2 Å². The van der Waals surface area contributed by atoms with E-state index in [9.17, 15) is 8.78 Å². The van der Waals surface area contributed by atoms with Crippen molar-refractivity contribution >= 4 is 5.69 Å². The Morgan fingerprint density at radius 2 is 1.85 bits per heavy atom. The summed E-state index contributed by atoms with van der Waals surface area (Å²) >= 11 is 0. The molecule has 0 spiro atoms. The van der Waals surface area contributed by atoms with Crippen molar-refractivity contribution in [2.24, 2.45) is 0 Å². The van der Waals surface area contributed by atoms with Crippen LogP contribution in [0.4, 0.5) is 14.5 Å². The molecule has 0 unspecified atom stereocenters. The van der Waals surface area contributed by atoms with Crippen LogP contribution >= 0.6 is 0 Å². The molecule has 0 amide bonds. The summed E-state index contributed by atoms with van der Waals surface area (Å²) in [5, 5.41) is 0. The Kier molecular flexibility index (Phi) is 7.65. The molecule has 0 saturated heterocycles. The molecule has 2 heterocycles. The van der Waals surface area contributed by atoms with E-state index in [4.69, 9.17) is 0 Å². The first-order chi connectivity index (χ1) is 12.6. The number of pyridine rings is 1. The van der Waals surface area contributed by atoms with Crippen LogP contribution in [0.15, 0.2) is 73.2 Å². The number of hydrogen-bond acceptors (Lipinski definition) is 3. The minimum atomic E-state index is -0.649. The zero-order valence-corrected chi connectivity index (χ0v) is 16.8. The van der Waals surface area contributed by atoms with Gasteiger partial charge in [-0.05, 0) is 31.2 Å². The zero-order valence-electron chi connectivity index (χ0n) is 14.4. The van der Waals surface area contributed by atoms with E-state index in [0.29, 0.717) is 5.69 Å². The fraction of sp³-hybridized carbons (Fsp3) is 0.0476. The molecule has 0 saturated carbocycles. The van der Waals surface area contributed by atoms with E-state index in [1.165, 1.54) is 0 Å². The normalized spacial score (nSPS) is 12.3. The van der Waals surface area contributed by atoms with Gasteiger partial charge in [0.05, 0.1) is 0 Å². The number of nitrogens with zero attached hydrogens (tertiary/aromatic N) is 3. The van der Waals surface area contributed by atoms with Crippen LogP contribution in [-0.2, 0) is 20.1 Å². The second-order valence-electron chi connectivity index (χ2n) is 5.49. The molecule has 4 rings (SSSR count). The van der Waals surface area contributed by atoms with Crippen LogP contribution in [0.25, 0.3) is 11.3 Å². The minimum absolute atomic E-state index is 0. The number of hydrogen-bond donors (Lipinski definition) is 0. The molecule has 2 aromatic carbocycles. The minimum Gasteiger partial charge on any atom is -0.510 e. The molecule has 0 radical (unpaired) electrons. The van der Waals surface area contributed by atoms with Crippen LogP contribution in [0.2, 0.25) is 0 Å². The van der Waals surface area contributed by atoms with Gasteiger partial charge in [-0.3, -0.25) is 8.78 Å². The van der Waals surface area contributed by atoms with Gasteiger partial charge >= 0.3 is 20.1 Å². The molecule has 138 valence electrons. The van der Waals surface area contributed by atoms with Gasteiger partial charge in [0.2, 0.25) is 0 Å². The molecule has 0 atom stereocenters. The quantitative estimate of drug-likeness (QED) is 0.441. The molecule has 1 aliphatic heterocycles. The number of benzene rings is 2. The van der Waals surface area contributed by atoms with Gasteiger partial charge in [-0.15, -0.1) is 17.8 Å². The molecule has 6 heteroatoms. The second-order valence-corrected chi connectivity index (χ2v) is 5.49. The summed E-state index contributed by atoms with van der Waals surface area (Å²) in [4.78, 5) is 7.97. The summed E-state index contributed by atoms with van der Waals surface area (Å²) in [7, 11) is 2.00. The average Bonchev–Trinajstić information content (AvgIpc) is 3.10. The third-order valence-electron chi connectivity index (χ3n) is 3.52. The number of rotatable bonds is 2. The number of aromatic nitrogens is 1. The van der Waals surface area contributed by atoms with Gasteiger partial charge in [-0.2, -0.15) is 37.0 Å². The van der Waals surface area contributed by atoms with Crippen LogP contribution in [0.5, 0.6) is 0 Å². The Labute approximate surface area is 171 Å². The topological polar surface area (TPSA) is 19.4 Å². The molecule has 0 N–H and O–H groups in total. The monoisotopic (exact) mass is 541 g/mol. The van der Waals surface area contributed by atoms with Crippen molar-refractivity contribution < 1.29 is 28.9 Å². The first-order valence-corrected chi connectivity index (χ1v) is 7.92. The molecular formula is C21H16F2IrN3. The van der Waals surface area contributed by atoms with Crippen molar-refractivity contribution in [2.45, 2.75) is 0 Å². The van der Waals surface area contributed by atoms with Gasteiger partial charge in [-0.25, -0.2) is 0 Å². The molecule has 0 fully saturated rings. The summed E-state index contributed by atoms with van der Waals surface area (Å²) in [6.07, 6.45) is 5.55. The maximum atomic E-state index is 13.2. The van der Waals surface area contributed by atoms with E-state index in [1.54, 1.807) is 24.4 Å². The van der Waals surface area contributed by atoms with Gasteiger partial charge in [-0.1, -0.05) is 23.8 Å². The van der Waals surface area contributed by atoms with Crippen molar-refractivity contribution in [1.82, 2.24) is 9.88 Å². The molecular weight excluding hydrogens is 524 g/mol. The van der Waals surface area contributed by atoms with E-state index >= 15 is 0 Å². The van der Waals surface area contributed by atoms with Crippen LogP contribution in [0.3, 0.4) is 0 Å². The molecule has 1 aromatic heterocycles. The Morgan fingerprint density at radius 1 is 1.04 bits per heavy atom. The summed E-state index contributed by atoms with van der Waals surface area (Å²) in [6, 6.07) is 20.6. The first-order valence-electron chi connectivity index (χ1n) is 7.92. The standard InChI is InChI=1S/C11H6F2N.C10H10N2.Ir/c12-8-4-5-9(10(13)7-8)11-3-1-2-6-14-11;1-11-7-8-12(9-11)10-5-3-2-4-6-10;/h1-4,6-7H;2-5,7-9H,1H3;/q-1;-2;+3. The maximum absolute atomic E-state index is 13.2. The van der Waals surface area contributed by atoms with Crippen LogP contribution in [0, 0.1) is 30.4 Å². The van der Waals surface area contributed by atoms with Gasteiger partial charge in [0.25, 0.3) is 0 Å². The Hall–Kier alpha value is -2.56. The fourth-order valence-corrected chi connectivity index (χ4v) is 2.29. The van der Waals surface area contributed by atoms with Crippen molar-refractivity contribution in [2.75, 3.05) is 11.9 Å². The third-order valence-corrected chi connectivity index (χ3v) is 3.52. The molecule has 3 aromatic rings. The van der Waals surface area contributed by atoms with E-state index in [-0.39, 0.29) is 25.7 Å². The Bertz CT molecular complexity index is 873. The van der Waals surface area contributed by atoms with Crippen molar-refractivity contribution in [3.63, 3.8) is 0 Å². The van der Waals surface area contributed by atoms with Crippen molar-refractivity contribution in [3.05, 3.63) is 104 Å². The van der Waals surface area contributed by atoms with Gasteiger partial charge in [0.1, 0.15) is 0 Å². The van der Waals surface area contributed by atoms with Crippen molar-refractivity contribution in [3.8, 4) is 11.3 Å². The van der Waals surface area contributed by atoms with Gasteiger partial charge < -0.3 is 14.8 Å². The number of halogens is 2. The predicted molar refractivity (Wildman–Crippen MR) is 97.4 cm³/mol. The zero-order chi connectivity index (χ0) is 18.4. The maximum Gasteiger partial charge on any atom is 3.00 e. The predicted octanol–water partition coefficient (Wildman–Crippen LogP) is 4.65. The van der Waals surface area contributed by atoms with Crippen molar-refractivity contribution in [1.29, 1.82) is 0 Å². The molecule has 27 heavy (non-hydrogen) atoms. The fourth-order valence-electron chi connectivity index (χ4n) is 2.29. The van der Waals surface area contributed by atoms with E-state index in [2.05, 4.69) is 17.1 Å². The van der Waals surface area contributed by atoms with Crippen LogP contribution in [0.1, 0.15) is 0 Å². The van der Waals surface area contributed by atoms with Crippen LogP contribution in [-0.4, -0.2) is 16.9 Å². The third kappa shape index (κ3) is 5.71. The molecule has 3 nitrogen and oxygen atoms in total. The summed E-state index contributed by atoms with van der Waals surface area (Å²) < 4.78 is 25.8. The smallest absolute Gasteiger partial charge is 0.510 e. The average molecular weight is 541 g/mol. The first kappa shape index (κ1) is 20.7. The Morgan fingerprint density at radius 3 is 2.44 bits per heavy atom. The summed E-state index contributed by atoms with van der Waals surface area (Å²) in [5.74, 6) is -1.29. The Balaban J connectivity index is 0.000000189. The molecule has 0 aliphatic carbocycles. The molecule has 0 bridgehead atoms. The van der Waals surface area contributed by atoms with Gasteiger partial charge in [0.15, 0.2) is 0 Å².